The van der Waals surface area contributed by atoms with E-state index in [0.29, 0.717) is 12.3 Å². The van der Waals surface area contributed by atoms with Crippen LogP contribution in [0.3, 0.4) is 0 Å². The first-order valence-corrected chi connectivity index (χ1v) is 10.8. The summed E-state index contributed by atoms with van der Waals surface area (Å²) < 4.78 is 20.2. The number of piperidine rings is 2. The van der Waals surface area contributed by atoms with Crippen molar-refractivity contribution < 1.29 is 13.9 Å². The van der Waals surface area contributed by atoms with Gasteiger partial charge in [0.25, 0.3) is 0 Å². The Bertz CT molecular complexity index is 674. The monoisotopic (exact) mass is 389 g/mol. The van der Waals surface area contributed by atoms with Crippen LogP contribution in [-0.2, 0) is 9.53 Å². The number of hydrogen-bond acceptors (Lipinski definition) is 4. The van der Waals surface area contributed by atoms with Crippen molar-refractivity contribution in [1.29, 1.82) is 0 Å². The molecule has 4 rings (SSSR count). The predicted octanol–water partition coefficient (Wildman–Crippen LogP) is 2.93. The molecule has 3 aliphatic rings. The normalized spacial score (nSPS) is 26.9. The van der Waals surface area contributed by atoms with Crippen LogP contribution in [0.5, 0.6) is 0 Å². The molecule has 28 heavy (non-hydrogen) atoms. The molecule has 2 saturated heterocycles. The highest BCUT2D eigenvalue weighted by Crippen LogP contribution is 2.31. The summed E-state index contributed by atoms with van der Waals surface area (Å²) in [6.07, 6.45) is 7.03. The lowest BCUT2D eigenvalue weighted by atomic mass is 9.83. The van der Waals surface area contributed by atoms with E-state index in [9.17, 15) is 9.18 Å². The SMILES string of the molecule is N[C@H]1CCCN(C(=O)C2CCC2)[C@H]1COC1CCN(c2ccccc2F)CC1. The Labute approximate surface area is 167 Å². The van der Waals surface area contributed by atoms with Crippen LogP contribution in [-0.4, -0.2) is 55.2 Å². The summed E-state index contributed by atoms with van der Waals surface area (Å²) in [5, 5.41) is 0. The summed E-state index contributed by atoms with van der Waals surface area (Å²) in [5.74, 6) is 0.321. The van der Waals surface area contributed by atoms with Gasteiger partial charge in [-0.25, -0.2) is 4.39 Å². The molecule has 2 heterocycles. The second-order valence-electron chi connectivity index (χ2n) is 8.50. The van der Waals surface area contributed by atoms with E-state index in [1.165, 1.54) is 6.07 Å². The van der Waals surface area contributed by atoms with E-state index in [2.05, 4.69) is 4.90 Å². The highest BCUT2D eigenvalue weighted by atomic mass is 19.1. The number of benzene rings is 1. The molecule has 0 aromatic heterocycles. The summed E-state index contributed by atoms with van der Waals surface area (Å²) in [5.41, 5.74) is 7.05. The van der Waals surface area contributed by atoms with Crippen LogP contribution in [0.15, 0.2) is 24.3 Å². The fourth-order valence-electron chi connectivity index (χ4n) is 4.67. The molecule has 1 aliphatic carbocycles. The Kier molecular flexibility index (Phi) is 6.16. The number of amides is 1. The van der Waals surface area contributed by atoms with Gasteiger partial charge in [0, 0.05) is 31.6 Å². The number of rotatable bonds is 5. The van der Waals surface area contributed by atoms with Crippen LogP contribution < -0.4 is 10.6 Å². The van der Waals surface area contributed by atoms with Gasteiger partial charge in [-0.05, 0) is 50.7 Å². The molecule has 0 unspecified atom stereocenters. The average molecular weight is 390 g/mol. The zero-order valence-electron chi connectivity index (χ0n) is 16.6. The third-order valence-electron chi connectivity index (χ3n) is 6.71. The van der Waals surface area contributed by atoms with Crippen molar-refractivity contribution in [1.82, 2.24) is 4.90 Å². The van der Waals surface area contributed by atoms with Gasteiger partial charge in [-0.1, -0.05) is 18.6 Å². The number of ether oxygens (including phenoxy) is 1. The number of carbonyl (C=O) groups excluding carboxylic acids is 1. The maximum Gasteiger partial charge on any atom is 0.226 e. The van der Waals surface area contributed by atoms with Crippen molar-refractivity contribution in [2.75, 3.05) is 31.1 Å². The molecule has 1 aromatic carbocycles. The Morgan fingerprint density at radius 3 is 2.50 bits per heavy atom. The molecule has 0 spiro atoms. The van der Waals surface area contributed by atoms with Gasteiger partial charge in [-0.15, -0.1) is 0 Å². The summed E-state index contributed by atoms with van der Waals surface area (Å²) in [6, 6.07) is 6.93. The molecule has 1 amide bonds. The quantitative estimate of drug-likeness (QED) is 0.841. The number of likely N-dealkylation sites (tertiary alicyclic amines) is 1. The third-order valence-corrected chi connectivity index (χ3v) is 6.71. The highest BCUT2D eigenvalue weighted by Gasteiger charge is 2.38. The van der Waals surface area contributed by atoms with E-state index in [-0.39, 0.29) is 35.8 Å². The number of para-hydroxylation sites is 1. The molecule has 1 aromatic rings. The number of halogens is 1. The van der Waals surface area contributed by atoms with Crippen LogP contribution in [0.1, 0.15) is 44.9 Å². The predicted molar refractivity (Wildman–Crippen MR) is 108 cm³/mol. The van der Waals surface area contributed by atoms with E-state index in [1.54, 1.807) is 6.07 Å². The van der Waals surface area contributed by atoms with Gasteiger partial charge in [0.1, 0.15) is 5.82 Å². The molecule has 1 saturated carbocycles. The Hall–Kier alpha value is -1.66. The van der Waals surface area contributed by atoms with Gasteiger partial charge < -0.3 is 20.3 Å². The third kappa shape index (κ3) is 4.18. The van der Waals surface area contributed by atoms with Crippen LogP contribution in [0, 0.1) is 11.7 Å². The molecule has 154 valence electrons. The lowest BCUT2D eigenvalue weighted by Gasteiger charge is -2.43. The van der Waals surface area contributed by atoms with Crippen molar-refractivity contribution in [2.45, 2.75) is 63.1 Å². The summed E-state index contributed by atoms with van der Waals surface area (Å²) in [7, 11) is 0. The molecule has 6 heteroatoms. The molecule has 2 N–H and O–H groups in total. The minimum atomic E-state index is -0.166. The number of nitrogens with zero attached hydrogens (tertiary/aromatic N) is 2. The van der Waals surface area contributed by atoms with E-state index < -0.39 is 0 Å². The van der Waals surface area contributed by atoms with Crippen molar-refractivity contribution in [3.63, 3.8) is 0 Å². The smallest absolute Gasteiger partial charge is 0.226 e. The maximum atomic E-state index is 14.0. The fourth-order valence-corrected chi connectivity index (χ4v) is 4.67. The molecular formula is C22H32FN3O2. The Morgan fingerprint density at radius 2 is 1.82 bits per heavy atom. The molecule has 5 nitrogen and oxygen atoms in total. The first kappa shape index (κ1) is 19.6. The standard InChI is InChI=1S/C22H32FN3O2/c23-18-7-1-2-9-20(18)25-13-10-17(11-14-25)28-15-21-19(24)8-4-12-26(21)22(27)16-5-3-6-16/h1-2,7,9,16-17,19,21H,3-6,8,10-15,24H2/t19-,21-/m0/s1. The van der Waals surface area contributed by atoms with Crippen molar-refractivity contribution in [3.8, 4) is 0 Å². The van der Waals surface area contributed by atoms with Crippen molar-refractivity contribution in [3.05, 3.63) is 30.1 Å². The largest absolute Gasteiger partial charge is 0.376 e. The number of hydrogen-bond donors (Lipinski definition) is 1. The molecule has 2 aliphatic heterocycles. The Balaban J connectivity index is 1.29. The van der Waals surface area contributed by atoms with Gasteiger partial charge in [0.15, 0.2) is 0 Å². The summed E-state index contributed by atoms with van der Waals surface area (Å²) in [4.78, 5) is 16.9. The summed E-state index contributed by atoms with van der Waals surface area (Å²) >= 11 is 0. The molecule has 3 fully saturated rings. The lowest BCUT2D eigenvalue weighted by molar-refractivity contribution is -0.145. The lowest BCUT2D eigenvalue weighted by Crippen LogP contribution is -2.58. The second-order valence-corrected chi connectivity index (χ2v) is 8.50. The topological polar surface area (TPSA) is 58.8 Å². The first-order valence-electron chi connectivity index (χ1n) is 10.8. The van der Waals surface area contributed by atoms with E-state index in [4.69, 9.17) is 10.5 Å². The minimum Gasteiger partial charge on any atom is -0.376 e. The van der Waals surface area contributed by atoms with Crippen LogP contribution >= 0.6 is 0 Å². The number of carbonyl (C=O) groups is 1. The minimum absolute atomic E-state index is 0.00344. The van der Waals surface area contributed by atoms with Crippen LogP contribution in [0.4, 0.5) is 10.1 Å². The van der Waals surface area contributed by atoms with Gasteiger partial charge in [-0.3, -0.25) is 4.79 Å². The molecule has 2 atom stereocenters. The average Bonchev–Trinajstić information content (AvgIpc) is 2.66. The highest BCUT2D eigenvalue weighted by molar-refractivity contribution is 5.80. The van der Waals surface area contributed by atoms with E-state index >= 15 is 0 Å². The van der Waals surface area contributed by atoms with E-state index in [1.807, 2.05) is 17.0 Å². The molecule has 0 radical (unpaired) electrons. The summed E-state index contributed by atoms with van der Waals surface area (Å²) in [6.45, 7) is 2.90. The van der Waals surface area contributed by atoms with Crippen LogP contribution in [0.25, 0.3) is 0 Å². The fraction of sp³-hybridized carbons (Fsp3) is 0.682. The first-order chi connectivity index (χ1) is 13.6. The van der Waals surface area contributed by atoms with Crippen LogP contribution in [0.2, 0.25) is 0 Å². The zero-order valence-corrected chi connectivity index (χ0v) is 16.6. The molecule has 0 bridgehead atoms. The van der Waals surface area contributed by atoms with Crippen molar-refractivity contribution in [2.24, 2.45) is 11.7 Å². The van der Waals surface area contributed by atoms with E-state index in [0.717, 1.165) is 64.6 Å². The number of anilines is 1. The molecular weight excluding hydrogens is 357 g/mol. The van der Waals surface area contributed by atoms with Gasteiger partial charge in [0.2, 0.25) is 5.91 Å². The zero-order chi connectivity index (χ0) is 19.5. The van der Waals surface area contributed by atoms with Crippen molar-refractivity contribution >= 4 is 11.6 Å². The number of nitrogens with two attached hydrogens (primary N) is 1. The maximum absolute atomic E-state index is 14.0. The second kappa shape index (κ2) is 8.78. The van der Waals surface area contributed by atoms with Gasteiger partial charge in [0.05, 0.1) is 24.4 Å². The Morgan fingerprint density at radius 1 is 1.07 bits per heavy atom. The van der Waals surface area contributed by atoms with Gasteiger partial charge >= 0.3 is 0 Å². The van der Waals surface area contributed by atoms with Gasteiger partial charge in [-0.2, -0.15) is 0 Å².